The summed E-state index contributed by atoms with van der Waals surface area (Å²) in [7, 11) is 0. The van der Waals surface area contributed by atoms with Gasteiger partial charge in [0, 0.05) is 18.8 Å². The van der Waals surface area contributed by atoms with Gasteiger partial charge in [-0.1, -0.05) is 6.92 Å². The van der Waals surface area contributed by atoms with E-state index in [-0.39, 0.29) is 0 Å². The molecule has 1 aliphatic rings. The standard InChI is InChI=1S/C10H13ClIN3/c1-2-5-15(7-3-4-7)9-8(12)6-13-10(11)14-9/h6-7H,2-5H2,1H3. The molecule has 0 saturated heterocycles. The molecule has 0 spiro atoms. The average Bonchev–Trinajstić information content (AvgIpc) is 3.02. The van der Waals surface area contributed by atoms with E-state index < -0.39 is 0 Å². The maximum atomic E-state index is 5.83. The van der Waals surface area contributed by atoms with Gasteiger partial charge in [-0.15, -0.1) is 0 Å². The molecule has 5 heteroatoms. The largest absolute Gasteiger partial charge is 0.353 e. The van der Waals surface area contributed by atoms with E-state index in [2.05, 4.69) is 44.4 Å². The van der Waals surface area contributed by atoms with Crippen LogP contribution in [0.25, 0.3) is 0 Å². The predicted molar refractivity (Wildman–Crippen MR) is 70.4 cm³/mol. The molecule has 15 heavy (non-hydrogen) atoms. The van der Waals surface area contributed by atoms with Gasteiger partial charge in [0.2, 0.25) is 5.28 Å². The molecular formula is C10H13ClIN3. The van der Waals surface area contributed by atoms with Gasteiger partial charge in [0.05, 0.1) is 3.57 Å². The number of rotatable bonds is 4. The van der Waals surface area contributed by atoms with Gasteiger partial charge in [-0.25, -0.2) is 4.98 Å². The number of hydrogen-bond acceptors (Lipinski definition) is 3. The van der Waals surface area contributed by atoms with Crippen LogP contribution in [0.1, 0.15) is 26.2 Å². The van der Waals surface area contributed by atoms with E-state index in [1.54, 1.807) is 6.20 Å². The van der Waals surface area contributed by atoms with Gasteiger partial charge < -0.3 is 4.90 Å². The monoisotopic (exact) mass is 337 g/mol. The maximum Gasteiger partial charge on any atom is 0.224 e. The van der Waals surface area contributed by atoms with Crippen LogP contribution in [0.5, 0.6) is 0 Å². The Hall–Kier alpha value is -0.100. The van der Waals surface area contributed by atoms with Crippen LogP contribution in [0.4, 0.5) is 5.82 Å². The van der Waals surface area contributed by atoms with Gasteiger partial charge in [-0.2, -0.15) is 4.98 Å². The lowest BCUT2D eigenvalue weighted by Crippen LogP contribution is -2.28. The van der Waals surface area contributed by atoms with Gasteiger partial charge in [-0.3, -0.25) is 0 Å². The molecule has 1 fully saturated rings. The Morgan fingerprint density at radius 1 is 1.60 bits per heavy atom. The molecule has 3 nitrogen and oxygen atoms in total. The lowest BCUT2D eigenvalue weighted by Gasteiger charge is -2.23. The molecule has 0 unspecified atom stereocenters. The summed E-state index contributed by atoms with van der Waals surface area (Å²) in [6.45, 7) is 3.24. The fourth-order valence-electron chi connectivity index (χ4n) is 1.63. The predicted octanol–water partition coefficient (Wildman–Crippen LogP) is 3.11. The second-order valence-electron chi connectivity index (χ2n) is 3.74. The highest BCUT2D eigenvalue weighted by atomic mass is 127. The number of aromatic nitrogens is 2. The lowest BCUT2D eigenvalue weighted by atomic mass is 10.4. The summed E-state index contributed by atoms with van der Waals surface area (Å²) in [5, 5.41) is 0.340. The Morgan fingerprint density at radius 3 is 2.93 bits per heavy atom. The van der Waals surface area contributed by atoms with Crippen LogP contribution in [0.2, 0.25) is 5.28 Å². The number of hydrogen-bond donors (Lipinski definition) is 0. The Bertz CT molecular complexity index is 355. The first-order valence-electron chi connectivity index (χ1n) is 5.17. The molecule has 1 saturated carbocycles. The van der Waals surface area contributed by atoms with Gasteiger partial charge in [0.25, 0.3) is 0 Å². The van der Waals surface area contributed by atoms with E-state index in [4.69, 9.17) is 11.6 Å². The van der Waals surface area contributed by atoms with Crippen LogP contribution < -0.4 is 4.90 Å². The van der Waals surface area contributed by atoms with Crippen LogP contribution in [0, 0.1) is 3.57 Å². The molecule has 0 N–H and O–H groups in total. The number of halogens is 2. The summed E-state index contributed by atoms with van der Waals surface area (Å²) in [6, 6.07) is 0.671. The van der Waals surface area contributed by atoms with E-state index in [1.807, 2.05) is 0 Å². The molecule has 0 aromatic carbocycles. The fourth-order valence-corrected chi connectivity index (χ4v) is 2.33. The Labute approximate surface area is 108 Å². The molecule has 1 aromatic heterocycles. The highest BCUT2D eigenvalue weighted by Crippen LogP contribution is 2.33. The molecule has 0 amide bonds. The zero-order valence-corrected chi connectivity index (χ0v) is 11.5. The molecule has 0 bridgehead atoms. The summed E-state index contributed by atoms with van der Waals surface area (Å²) in [6.07, 6.45) is 5.47. The molecule has 0 aliphatic heterocycles. The van der Waals surface area contributed by atoms with Gasteiger partial charge in [0.15, 0.2) is 0 Å². The molecule has 0 atom stereocenters. The van der Waals surface area contributed by atoms with Gasteiger partial charge in [0.1, 0.15) is 5.82 Å². The van der Waals surface area contributed by atoms with Crippen molar-refractivity contribution in [3.63, 3.8) is 0 Å². The molecule has 1 heterocycles. The van der Waals surface area contributed by atoms with Crippen LogP contribution in [-0.4, -0.2) is 22.6 Å². The number of nitrogens with zero attached hydrogens (tertiary/aromatic N) is 3. The van der Waals surface area contributed by atoms with Crippen LogP contribution in [0.3, 0.4) is 0 Å². The van der Waals surface area contributed by atoms with Crippen molar-refractivity contribution in [1.29, 1.82) is 0 Å². The second kappa shape index (κ2) is 4.82. The Morgan fingerprint density at radius 2 is 2.33 bits per heavy atom. The van der Waals surface area contributed by atoms with Crippen molar-refractivity contribution in [2.75, 3.05) is 11.4 Å². The van der Waals surface area contributed by atoms with Crippen molar-refractivity contribution in [1.82, 2.24) is 9.97 Å². The van der Waals surface area contributed by atoms with E-state index >= 15 is 0 Å². The summed E-state index contributed by atoms with van der Waals surface area (Å²) in [4.78, 5) is 10.7. The van der Waals surface area contributed by atoms with Crippen molar-refractivity contribution < 1.29 is 0 Å². The minimum absolute atomic E-state index is 0.340. The zero-order valence-electron chi connectivity index (χ0n) is 8.58. The van der Waals surface area contributed by atoms with Gasteiger partial charge in [-0.05, 0) is 53.5 Å². The Kier molecular flexibility index (Phi) is 3.66. The third-order valence-electron chi connectivity index (χ3n) is 2.42. The first kappa shape index (κ1) is 11.4. The summed E-state index contributed by atoms with van der Waals surface area (Å²) in [5.74, 6) is 1.000. The smallest absolute Gasteiger partial charge is 0.224 e. The quantitative estimate of drug-likeness (QED) is 0.624. The van der Waals surface area contributed by atoms with E-state index in [0.29, 0.717) is 11.3 Å². The topological polar surface area (TPSA) is 29.0 Å². The first-order valence-corrected chi connectivity index (χ1v) is 6.62. The van der Waals surface area contributed by atoms with Gasteiger partial charge >= 0.3 is 0 Å². The third kappa shape index (κ3) is 2.72. The SMILES string of the molecule is CCCN(c1nc(Cl)ncc1I)C1CC1. The van der Waals surface area contributed by atoms with Crippen molar-refractivity contribution in [2.45, 2.75) is 32.2 Å². The molecule has 0 radical (unpaired) electrons. The van der Waals surface area contributed by atoms with Crippen LogP contribution >= 0.6 is 34.2 Å². The lowest BCUT2D eigenvalue weighted by molar-refractivity contribution is 0.746. The van der Waals surface area contributed by atoms with E-state index in [0.717, 1.165) is 22.4 Å². The van der Waals surface area contributed by atoms with Crippen molar-refractivity contribution in [3.8, 4) is 0 Å². The molecular weight excluding hydrogens is 324 g/mol. The van der Waals surface area contributed by atoms with E-state index in [1.165, 1.54) is 12.8 Å². The number of anilines is 1. The average molecular weight is 338 g/mol. The Balaban J connectivity index is 2.27. The molecule has 2 rings (SSSR count). The minimum Gasteiger partial charge on any atom is -0.353 e. The molecule has 1 aromatic rings. The van der Waals surface area contributed by atoms with Crippen molar-refractivity contribution in [3.05, 3.63) is 15.1 Å². The second-order valence-corrected chi connectivity index (χ2v) is 5.24. The maximum absolute atomic E-state index is 5.83. The summed E-state index contributed by atoms with van der Waals surface area (Å²) >= 11 is 8.10. The summed E-state index contributed by atoms with van der Waals surface area (Å²) < 4.78 is 1.08. The van der Waals surface area contributed by atoms with Crippen molar-refractivity contribution in [2.24, 2.45) is 0 Å². The zero-order chi connectivity index (χ0) is 10.8. The highest BCUT2D eigenvalue weighted by molar-refractivity contribution is 14.1. The normalized spacial score (nSPS) is 15.4. The van der Waals surface area contributed by atoms with Crippen molar-refractivity contribution >= 4 is 40.0 Å². The first-order chi connectivity index (χ1) is 7.22. The van der Waals surface area contributed by atoms with Crippen LogP contribution in [-0.2, 0) is 0 Å². The fraction of sp³-hybridized carbons (Fsp3) is 0.600. The van der Waals surface area contributed by atoms with Crippen LogP contribution in [0.15, 0.2) is 6.20 Å². The third-order valence-corrected chi connectivity index (χ3v) is 3.36. The minimum atomic E-state index is 0.340. The molecule has 82 valence electrons. The molecule has 1 aliphatic carbocycles. The summed E-state index contributed by atoms with van der Waals surface area (Å²) in [5.41, 5.74) is 0. The highest BCUT2D eigenvalue weighted by Gasteiger charge is 2.30. The van der Waals surface area contributed by atoms with E-state index in [9.17, 15) is 0 Å².